The van der Waals surface area contributed by atoms with E-state index in [4.69, 9.17) is 0 Å². The maximum absolute atomic E-state index is 13.6. The number of hydrogen-bond acceptors (Lipinski definition) is 5. The Morgan fingerprint density at radius 3 is 2.70 bits per heavy atom. The summed E-state index contributed by atoms with van der Waals surface area (Å²) in [5.74, 6) is -0.543. The summed E-state index contributed by atoms with van der Waals surface area (Å²) in [6.45, 7) is -0.280. The monoisotopic (exact) mass is 451 g/mol. The second-order valence-electron chi connectivity index (χ2n) is 6.94. The van der Waals surface area contributed by atoms with Gasteiger partial charge in [0, 0.05) is 30.3 Å². The standard InChI is InChI=1S/C20H22FN3O4S2/c1-24(2)30(27,28)15-5-3-4-13(10-15)20(26)22-12-19(25)23-17-8-9-29-18-7-6-14(21)11-16(17)18/h3-7,10-11,17H,8-9,12H2,1-2H3,(H,22,26)(H,23,25). The van der Waals surface area contributed by atoms with E-state index in [-0.39, 0.29) is 28.9 Å². The van der Waals surface area contributed by atoms with Crippen molar-refractivity contribution in [2.45, 2.75) is 22.3 Å². The topological polar surface area (TPSA) is 95.6 Å². The van der Waals surface area contributed by atoms with E-state index < -0.39 is 21.8 Å². The van der Waals surface area contributed by atoms with Crippen LogP contribution in [0.4, 0.5) is 4.39 Å². The van der Waals surface area contributed by atoms with E-state index in [1.807, 2.05) is 0 Å². The van der Waals surface area contributed by atoms with Crippen molar-refractivity contribution in [3.05, 3.63) is 59.4 Å². The van der Waals surface area contributed by atoms with Gasteiger partial charge in [0.15, 0.2) is 0 Å². The highest BCUT2D eigenvalue weighted by Crippen LogP contribution is 2.36. The van der Waals surface area contributed by atoms with Crippen molar-refractivity contribution in [3.63, 3.8) is 0 Å². The Morgan fingerprint density at radius 1 is 1.20 bits per heavy atom. The highest BCUT2D eigenvalue weighted by atomic mass is 32.2. The van der Waals surface area contributed by atoms with E-state index in [9.17, 15) is 22.4 Å². The van der Waals surface area contributed by atoms with Crippen LogP contribution in [0.1, 0.15) is 28.4 Å². The average molecular weight is 452 g/mol. The summed E-state index contributed by atoms with van der Waals surface area (Å²) in [6, 6.07) is 9.79. The minimum absolute atomic E-state index is 0.0112. The highest BCUT2D eigenvalue weighted by Gasteiger charge is 2.23. The number of nitrogens with one attached hydrogen (secondary N) is 2. The third-order valence-electron chi connectivity index (χ3n) is 4.63. The molecule has 2 aromatic rings. The molecule has 0 aromatic heterocycles. The normalized spacial score (nSPS) is 16.1. The lowest BCUT2D eigenvalue weighted by Crippen LogP contribution is -2.39. The number of nitrogens with zero attached hydrogens (tertiary/aromatic N) is 1. The number of carbonyl (C=O) groups is 2. The van der Waals surface area contributed by atoms with E-state index in [2.05, 4.69) is 10.6 Å². The number of rotatable bonds is 6. The van der Waals surface area contributed by atoms with Crippen LogP contribution in [0, 0.1) is 5.82 Å². The Balaban J connectivity index is 1.62. The zero-order valence-corrected chi connectivity index (χ0v) is 18.1. The molecule has 0 fully saturated rings. The molecule has 0 saturated heterocycles. The van der Waals surface area contributed by atoms with Gasteiger partial charge in [-0.15, -0.1) is 11.8 Å². The van der Waals surface area contributed by atoms with Crippen molar-refractivity contribution in [2.75, 3.05) is 26.4 Å². The molecule has 0 aliphatic carbocycles. The minimum Gasteiger partial charge on any atom is -0.348 e. The second-order valence-corrected chi connectivity index (χ2v) is 10.2. The molecule has 10 heteroatoms. The molecule has 30 heavy (non-hydrogen) atoms. The molecule has 1 unspecified atom stereocenters. The third-order valence-corrected chi connectivity index (χ3v) is 7.56. The van der Waals surface area contributed by atoms with Gasteiger partial charge in [-0.1, -0.05) is 6.07 Å². The number of amides is 2. The molecule has 1 aliphatic heterocycles. The van der Waals surface area contributed by atoms with Crippen LogP contribution in [0.3, 0.4) is 0 Å². The zero-order valence-electron chi connectivity index (χ0n) is 16.5. The molecule has 160 valence electrons. The van der Waals surface area contributed by atoms with Gasteiger partial charge in [-0.2, -0.15) is 0 Å². The van der Waals surface area contributed by atoms with Gasteiger partial charge in [-0.3, -0.25) is 9.59 Å². The smallest absolute Gasteiger partial charge is 0.251 e. The van der Waals surface area contributed by atoms with Crippen molar-refractivity contribution in [3.8, 4) is 0 Å². The quantitative estimate of drug-likeness (QED) is 0.702. The predicted molar refractivity (Wildman–Crippen MR) is 112 cm³/mol. The van der Waals surface area contributed by atoms with Gasteiger partial charge in [-0.25, -0.2) is 17.1 Å². The summed E-state index contributed by atoms with van der Waals surface area (Å²) in [4.78, 5) is 25.6. The molecule has 3 rings (SSSR count). The third kappa shape index (κ3) is 5.00. The molecule has 0 radical (unpaired) electrons. The maximum Gasteiger partial charge on any atom is 0.251 e. The molecule has 2 amide bonds. The zero-order chi connectivity index (χ0) is 21.9. The maximum atomic E-state index is 13.6. The number of benzene rings is 2. The van der Waals surface area contributed by atoms with Crippen LogP contribution < -0.4 is 10.6 Å². The minimum atomic E-state index is -3.67. The van der Waals surface area contributed by atoms with Gasteiger partial charge in [0.25, 0.3) is 5.91 Å². The van der Waals surface area contributed by atoms with E-state index in [0.717, 1.165) is 20.5 Å². The Bertz CT molecular complexity index is 1070. The Kier molecular flexibility index (Phi) is 6.79. The number of sulfonamides is 1. The van der Waals surface area contributed by atoms with Crippen LogP contribution in [-0.2, 0) is 14.8 Å². The van der Waals surface area contributed by atoms with Gasteiger partial charge >= 0.3 is 0 Å². The summed E-state index contributed by atoms with van der Waals surface area (Å²) in [5, 5.41) is 5.32. The molecule has 0 bridgehead atoms. The van der Waals surface area contributed by atoms with E-state index in [1.165, 1.54) is 50.5 Å². The molecule has 1 heterocycles. The average Bonchev–Trinajstić information content (AvgIpc) is 2.72. The first-order chi connectivity index (χ1) is 14.2. The molecule has 1 aliphatic rings. The van der Waals surface area contributed by atoms with E-state index in [0.29, 0.717) is 6.42 Å². The van der Waals surface area contributed by atoms with Crippen LogP contribution in [0.15, 0.2) is 52.3 Å². The van der Waals surface area contributed by atoms with Crippen LogP contribution in [0.25, 0.3) is 0 Å². The molecule has 2 N–H and O–H groups in total. The van der Waals surface area contributed by atoms with Crippen molar-refractivity contribution in [2.24, 2.45) is 0 Å². The fraction of sp³-hybridized carbons (Fsp3) is 0.300. The number of halogens is 1. The Hall–Kier alpha value is -2.43. The summed E-state index contributed by atoms with van der Waals surface area (Å²) in [7, 11) is -0.868. The first-order valence-corrected chi connectivity index (χ1v) is 11.6. The number of carbonyl (C=O) groups excluding carboxylic acids is 2. The Labute approximate surface area is 179 Å². The van der Waals surface area contributed by atoms with Crippen LogP contribution in [0.2, 0.25) is 0 Å². The number of fused-ring (bicyclic) bond motifs is 1. The van der Waals surface area contributed by atoms with Crippen molar-refractivity contribution in [1.82, 2.24) is 14.9 Å². The van der Waals surface area contributed by atoms with Gasteiger partial charge in [0.2, 0.25) is 15.9 Å². The van der Waals surface area contributed by atoms with Crippen LogP contribution >= 0.6 is 11.8 Å². The lowest BCUT2D eigenvalue weighted by atomic mass is 10.0. The predicted octanol–water partition coefficient (Wildman–Crippen LogP) is 2.16. The summed E-state index contributed by atoms with van der Waals surface area (Å²) >= 11 is 1.61. The molecule has 0 spiro atoms. The van der Waals surface area contributed by atoms with E-state index >= 15 is 0 Å². The second kappa shape index (κ2) is 9.15. The fourth-order valence-corrected chi connectivity index (χ4v) is 5.09. The lowest BCUT2D eigenvalue weighted by Gasteiger charge is -2.26. The molecular weight excluding hydrogens is 429 g/mol. The van der Waals surface area contributed by atoms with Gasteiger partial charge in [-0.05, 0) is 48.4 Å². The van der Waals surface area contributed by atoms with Crippen LogP contribution in [-0.4, -0.2) is 50.9 Å². The van der Waals surface area contributed by atoms with Crippen molar-refractivity contribution >= 4 is 33.6 Å². The van der Waals surface area contributed by atoms with Crippen LogP contribution in [0.5, 0.6) is 0 Å². The Morgan fingerprint density at radius 2 is 1.97 bits per heavy atom. The fourth-order valence-electron chi connectivity index (χ4n) is 3.03. The first-order valence-electron chi connectivity index (χ1n) is 9.21. The molecule has 2 aromatic carbocycles. The van der Waals surface area contributed by atoms with Gasteiger partial charge < -0.3 is 10.6 Å². The number of thioether (sulfide) groups is 1. The highest BCUT2D eigenvalue weighted by molar-refractivity contribution is 7.99. The molecule has 1 atom stereocenters. The first kappa shape index (κ1) is 22.3. The summed E-state index contributed by atoms with van der Waals surface area (Å²) in [5.41, 5.74) is 0.861. The van der Waals surface area contributed by atoms with Crippen molar-refractivity contribution in [1.29, 1.82) is 0 Å². The largest absolute Gasteiger partial charge is 0.348 e. The van der Waals surface area contributed by atoms with Gasteiger partial charge in [0.1, 0.15) is 5.82 Å². The van der Waals surface area contributed by atoms with Crippen molar-refractivity contribution < 1.29 is 22.4 Å². The van der Waals surface area contributed by atoms with Gasteiger partial charge in [0.05, 0.1) is 17.5 Å². The van der Waals surface area contributed by atoms with E-state index in [1.54, 1.807) is 17.8 Å². The summed E-state index contributed by atoms with van der Waals surface area (Å²) in [6.07, 6.45) is 0.658. The number of hydrogen-bond donors (Lipinski definition) is 2. The lowest BCUT2D eigenvalue weighted by molar-refractivity contribution is -0.120. The SMILES string of the molecule is CN(C)S(=O)(=O)c1cccc(C(=O)NCC(=O)NC2CCSc3ccc(F)cc32)c1. The molecular formula is C20H22FN3O4S2. The summed E-state index contributed by atoms with van der Waals surface area (Å²) < 4.78 is 39.1. The molecule has 0 saturated carbocycles. The molecule has 7 nitrogen and oxygen atoms in total.